The van der Waals surface area contributed by atoms with Gasteiger partial charge in [-0.05, 0) is 56.5 Å². The van der Waals surface area contributed by atoms with Crippen LogP contribution in [0.25, 0.3) is 10.8 Å². The lowest BCUT2D eigenvalue weighted by atomic mass is 9.93. The third kappa shape index (κ3) is 6.79. The molecule has 0 fully saturated rings. The van der Waals surface area contributed by atoms with Crippen molar-refractivity contribution in [1.82, 2.24) is 5.32 Å². The van der Waals surface area contributed by atoms with Crippen molar-refractivity contribution in [1.29, 1.82) is 0 Å². The van der Waals surface area contributed by atoms with Crippen LogP contribution < -0.4 is 10.1 Å². The molecule has 3 aromatic carbocycles. The van der Waals surface area contributed by atoms with E-state index in [1.807, 2.05) is 38.1 Å². The minimum Gasteiger partial charge on any atom is -0.493 e. The van der Waals surface area contributed by atoms with Crippen molar-refractivity contribution < 1.29 is 14.6 Å². The Morgan fingerprint density at radius 1 is 0.968 bits per heavy atom. The molecule has 0 aromatic heterocycles. The Labute approximate surface area is 186 Å². The van der Waals surface area contributed by atoms with Gasteiger partial charge in [0, 0.05) is 17.6 Å². The first-order chi connectivity index (χ1) is 14.9. The summed E-state index contributed by atoms with van der Waals surface area (Å²) in [5.74, 6) is 0.835. The van der Waals surface area contributed by atoms with E-state index >= 15 is 0 Å². The van der Waals surface area contributed by atoms with Crippen LogP contribution in [-0.2, 0) is 11.2 Å². The van der Waals surface area contributed by atoms with Crippen molar-refractivity contribution >= 4 is 10.8 Å². The average molecular weight is 422 g/mol. The monoisotopic (exact) mass is 421 g/mol. The van der Waals surface area contributed by atoms with Crippen molar-refractivity contribution in [3.8, 4) is 5.75 Å². The minimum atomic E-state index is -0.586. The summed E-state index contributed by atoms with van der Waals surface area (Å²) in [5.41, 5.74) is 2.14. The van der Waals surface area contributed by atoms with Gasteiger partial charge in [0.05, 0.1) is 25.4 Å². The van der Waals surface area contributed by atoms with E-state index < -0.39 is 6.10 Å². The second kappa shape index (κ2) is 10.8. The van der Waals surface area contributed by atoms with E-state index in [4.69, 9.17) is 9.47 Å². The van der Waals surface area contributed by atoms with Crippen LogP contribution in [0.4, 0.5) is 0 Å². The summed E-state index contributed by atoms with van der Waals surface area (Å²) >= 11 is 0. The van der Waals surface area contributed by atoms with E-state index in [1.54, 1.807) is 0 Å². The number of aliphatic hydroxyl groups is 1. The van der Waals surface area contributed by atoms with Gasteiger partial charge in [0.1, 0.15) is 5.75 Å². The highest BCUT2D eigenvalue weighted by molar-refractivity contribution is 5.83. The SMILES string of the molecule is CCOc1ccccc1C(C)OC[C@H](O)CNC(C)(C)Cc1ccc2ccccc2c1. The molecule has 2 atom stereocenters. The van der Waals surface area contributed by atoms with Gasteiger partial charge < -0.3 is 19.9 Å². The van der Waals surface area contributed by atoms with Gasteiger partial charge in [-0.1, -0.05) is 60.7 Å². The summed E-state index contributed by atoms with van der Waals surface area (Å²) in [6, 6.07) is 22.9. The summed E-state index contributed by atoms with van der Waals surface area (Å²) in [5, 5.41) is 16.5. The molecule has 0 aliphatic heterocycles. The average Bonchev–Trinajstić information content (AvgIpc) is 2.76. The Morgan fingerprint density at radius 2 is 1.68 bits per heavy atom. The molecule has 0 radical (unpaired) electrons. The standard InChI is InChI=1S/C27H35NO3/c1-5-30-26-13-9-8-12-25(26)20(2)31-19-24(29)18-28-27(3,4)17-21-14-15-22-10-6-7-11-23(22)16-21/h6-16,20,24,28-29H,5,17-19H2,1-4H3/t20?,24-/m1/s1. The number of rotatable bonds is 11. The maximum Gasteiger partial charge on any atom is 0.125 e. The lowest BCUT2D eigenvalue weighted by Crippen LogP contribution is -2.46. The Bertz CT molecular complexity index is 969. The first-order valence-electron chi connectivity index (χ1n) is 11.1. The van der Waals surface area contributed by atoms with Crippen LogP contribution >= 0.6 is 0 Å². The zero-order chi connectivity index (χ0) is 22.3. The molecule has 0 saturated heterocycles. The lowest BCUT2D eigenvalue weighted by molar-refractivity contribution is -0.00509. The summed E-state index contributed by atoms with van der Waals surface area (Å²) in [7, 11) is 0. The molecule has 0 heterocycles. The predicted octanol–water partition coefficient (Wildman–Crippen LogP) is 5.29. The van der Waals surface area contributed by atoms with E-state index in [0.717, 1.165) is 17.7 Å². The smallest absolute Gasteiger partial charge is 0.125 e. The van der Waals surface area contributed by atoms with E-state index in [9.17, 15) is 5.11 Å². The molecule has 4 nitrogen and oxygen atoms in total. The van der Waals surface area contributed by atoms with Crippen LogP contribution in [-0.4, -0.2) is 36.5 Å². The number of nitrogens with one attached hydrogen (secondary N) is 1. The van der Waals surface area contributed by atoms with Crippen LogP contribution in [0.5, 0.6) is 5.75 Å². The molecule has 1 unspecified atom stereocenters. The topological polar surface area (TPSA) is 50.7 Å². The van der Waals surface area contributed by atoms with Crippen molar-refractivity contribution in [3.05, 3.63) is 77.9 Å². The van der Waals surface area contributed by atoms with Crippen molar-refractivity contribution in [2.24, 2.45) is 0 Å². The number of hydrogen-bond donors (Lipinski definition) is 2. The van der Waals surface area contributed by atoms with Crippen LogP contribution in [0.1, 0.15) is 44.9 Å². The molecule has 0 spiro atoms. The highest BCUT2D eigenvalue weighted by atomic mass is 16.5. The molecule has 4 heteroatoms. The molecule has 0 aliphatic carbocycles. The van der Waals surface area contributed by atoms with Gasteiger partial charge in [0.25, 0.3) is 0 Å². The van der Waals surface area contributed by atoms with Gasteiger partial charge >= 0.3 is 0 Å². The Hall–Kier alpha value is -2.40. The fourth-order valence-electron chi connectivity index (χ4n) is 3.82. The van der Waals surface area contributed by atoms with Gasteiger partial charge in [-0.3, -0.25) is 0 Å². The van der Waals surface area contributed by atoms with Crippen LogP contribution in [0.2, 0.25) is 0 Å². The molecule has 31 heavy (non-hydrogen) atoms. The molecule has 166 valence electrons. The van der Waals surface area contributed by atoms with Gasteiger partial charge in [0.15, 0.2) is 0 Å². The highest BCUT2D eigenvalue weighted by Crippen LogP contribution is 2.27. The predicted molar refractivity (Wildman–Crippen MR) is 128 cm³/mol. The van der Waals surface area contributed by atoms with E-state index in [-0.39, 0.29) is 18.2 Å². The molecule has 2 N–H and O–H groups in total. The highest BCUT2D eigenvalue weighted by Gasteiger charge is 2.20. The Balaban J connectivity index is 1.49. The summed E-state index contributed by atoms with van der Waals surface area (Å²) < 4.78 is 11.6. The molecule has 0 bridgehead atoms. The maximum atomic E-state index is 10.5. The van der Waals surface area contributed by atoms with Crippen molar-refractivity contribution in [3.63, 3.8) is 0 Å². The number of hydrogen-bond acceptors (Lipinski definition) is 4. The number of aliphatic hydroxyl groups excluding tert-OH is 1. The summed E-state index contributed by atoms with van der Waals surface area (Å²) in [6.07, 6.45) is 0.143. The van der Waals surface area contributed by atoms with Gasteiger partial charge in [-0.25, -0.2) is 0 Å². The third-order valence-electron chi connectivity index (χ3n) is 5.47. The molecule has 3 aromatic rings. The quantitative estimate of drug-likeness (QED) is 0.442. The van der Waals surface area contributed by atoms with Crippen LogP contribution in [0.15, 0.2) is 66.7 Å². The van der Waals surface area contributed by atoms with E-state index in [1.165, 1.54) is 16.3 Å². The number of fused-ring (bicyclic) bond motifs is 1. The summed E-state index contributed by atoms with van der Waals surface area (Å²) in [6.45, 7) is 9.64. The number of β-amino-alcohol motifs (C(OH)–C–C–N with tert-alkyl or cyclic N) is 1. The number of benzene rings is 3. The lowest BCUT2D eigenvalue weighted by Gasteiger charge is -2.28. The van der Waals surface area contributed by atoms with Gasteiger partial charge in [0.2, 0.25) is 0 Å². The Morgan fingerprint density at radius 3 is 2.45 bits per heavy atom. The van der Waals surface area contributed by atoms with Crippen molar-refractivity contribution in [2.45, 2.75) is 51.9 Å². The fourth-order valence-corrected chi connectivity index (χ4v) is 3.82. The number of para-hydroxylation sites is 1. The van der Waals surface area contributed by atoms with E-state index in [0.29, 0.717) is 13.2 Å². The maximum absolute atomic E-state index is 10.5. The second-order valence-electron chi connectivity index (χ2n) is 8.72. The van der Waals surface area contributed by atoms with Crippen molar-refractivity contribution in [2.75, 3.05) is 19.8 Å². The van der Waals surface area contributed by atoms with E-state index in [2.05, 4.69) is 61.6 Å². The van der Waals surface area contributed by atoms with Gasteiger partial charge in [-0.2, -0.15) is 0 Å². The molecule has 0 saturated carbocycles. The zero-order valence-electron chi connectivity index (χ0n) is 19.1. The molecule has 3 rings (SSSR count). The first kappa shape index (κ1) is 23.3. The van der Waals surface area contributed by atoms with Crippen LogP contribution in [0.3, 0.4) is 0 Å². The van der Waals surface area contributed by atoms with Gasteiger partial charge in [-0.15, -0.1) is 0 Å². The molecular formula is C27H35NO3. The normalized spacial score (nSPS) is 13.8. The number of ether oxygens (including phenoxy) is 2. The zero-order valence-corrected chi connectivity index (χ0v) is 19.1. The fraction of sp³-hybridized carbons (Fsp3) is 0.407. The summed E-state index contributed by atoms with van der Waals surface area (Å²) in [4.78, 5) is 0. The third-order valence-corrected chi connectivity index (χ3v) is 5.47. The molecular weight excluding hydrogens is 386 g/mol. The molecule has 0 amide bonds. The first-order valence-corrected chi connectivity index (χ1v) is 11.1. The second-order valence-corrected chi connectivity index (χ2v) is 8.72. The minimum absolute atomic E-state index is 0.142. The van der Waals surface area contributed by atoms with Crippen LogP contribution in [0, 0.1) is 0 Å². The Kier molecular flexibility index (Phi) is 8.08. The largest absolute Gasteiger partial charge is 0.493 e. The molecule has 0 aliphatic rings.